The summed E-state index contributed by atoms with van der Waals surface area (Å²) in [6.07, 6.45) is 5.38. The topological polar surface area (TPSA) is 24.5 Å². The van der Waals surface area contributed by atoms with E-state index in [-0.39, 0.29) is 0 Å². The Hall–Kier alpha value is -0.770. The van der Waals surface area contributed by atoms with Gasteiger partial charge in [-0.3, -0.25) is 4.90 Å². The van der Waals surface area contributed by atoms with Gasteiger partial charge in [0.05, 0.1) is 7.11 Å². The van der Waals surface area contributed by atoms with Crippen molar-refractivity contribution in [2.75, 3.05) is 26.7 Å². The van der Waals surface area contributed by atoms with E-state index in [0.29, 0.717) is 0 Å². The van der Waals surface area contributed by atoms with Crippen molar-refractivity contribution in [3.05, 3.63) is 28.8 Å². The minimum absolute atomic E-state index is 0.782. The standard InChI is InChI=1S/C17H25ClN2O/c1-21-17-7-4-15(18)9-14(17)12-20-8-2-3-13(11-20)10-19-16-5-6-16/h4,7,9,13,16,19H,2-3,5-6,8,10-12H2,1H3. The Bertz CT molecular complexity index is 476. The summed E-state index contributed by atoms with van der Waals surface area (Å²) in [5.74, 6) is 1.72. The Labute approximate surface area is 132 Å². The van der Waals surface area contributed by atoms with E-state index in [4.69, 9.17) is 16.3 Å². The second-order valence-electron chi connectivity index (χ2n) is 6.38. The van der Waals surface area contributed by atoms with Gasteiger partial charge in [-0.1, -0.05) is 11.6 Å². The summed E-state index contributed by atoms with van der Waals surface area (Å²) >= 11 is 6.13. The molecule has 0 aromatic heterocycles. The first-order valence-electron chi connectivity index (χ1n) is 8.03. The molecule has 0 bridgehead atoms. The number of ether oxygens (including phenoxy) is 1. The minimum atomic E-state index is 0.782. The van der Waals surface area contributed by atoms with E-state index in [2.05, 4.69) is 10.2 Å². The van der Waals surface area contributed by atoms with Crippen LogP contribution in [-0.4, -0.2) is 37.7 Å². The summed E-state index contributed by atoms with van der Waals surface area (Å²) in [6.45, 7) is 4.46. The van der Waals surface area contributed by atoms with Gasteiger partial charge in [0, 0.05) is 29.7 Å². The minimum Gasteiger partial charge on any atom is -0.496 e. The summed E-state index contributed by atoms with van der Waals surface area (Å²) in [5, 5.41) is 4.46. The molecule has 2 aliphatic rings. The van der Waals surface area contributed by atoms with Gasteiger partial charge in [0.1, 0.15) is 5.75 Å². The zero-order chi connectivity index (χ0) is 14.7. The van der Waals surface area contributed by atoms with Crippen LogP contribution in [-0.2, 0) is 6.54 Å². The van der Waals surface area contributed by atoms with Gasteiger partial charge < -0.3 is 10.1 Å². The maximum Gasteiger partial charge on any atom is 0.123 e. The number of rotatable bonds is 6. The highest BCUT2D eigenvalue weighted by Crippen LogP contribution is 2.26. The van der Waals surface area contributed by atoms with E-state index in [1.807, 2.05) is 18.2 Å². The van der Waals surface area contributed by atoms with Gasteiger partial charge in [0.2, 0.25) is 0 Å². The first-order valence-corrected chi connectivity index (χ1v) is 8.40. The van der Waals surface area contributed by atoms with Crippen LogP contribution in [0.3, 0.4) is 0 Å². The molecule has 21 heavy (non-hydrogen) atoms. The monoisotopic (exact) mass is 308 g/mol. The van der Waals surface area contributed by atoms with Gasteiger partial charge in [-0.05, 0) is 62.9 Å². The van der Waals surface area contributed by atoms with Gasteiger partial charge in [0.15, 0.2) is 0 Å². The van der Waals surface area contributed by atoms with Crippen LogP contribution in [0.1, 0.15) is 31.2 Å². The molecule has 2 fully saturated rings. The average molecular weight is 309 g/mol. The van der Waals surface area contributed by atoms with Crippen molar-refractivity contribution in [2.45, 2.75) is 38.3 Å². The third-order valence-electron chi connectivity index (χ3n) is 4.51. The second-order valence-corrected chi connectivity index (χ2v) is 6.82. The lowest BCUT2D eigenvalue weighted by Crippen LogP contribution is -2.39. The highest BCUT2D eigenvalue weighted by atomic mass is 35.5. The largest absolute Gasteiger partial charge is 0.496 e. The Morgan fingerprint density at radius 2 is 2.19 bits per heavy atom. The SMILES string of the molecule is COc1ccc(Cl)cc1CN1CCCC(CNC2CC2)C1. The van der Waals surface area contributed by atoms with Crippen LogP contribution in [0.2, 0.25) is 5.02 Å². The number of methoxy groups -OCH3 is 1. The summed E-state index contributed by atoms with van der Waals surface area (Å²) in [5.41, 5.74) is 1.20. The molecule has 0 radical (unpaired) electrons. The number of nitrogens with one attached hydrogen (secondary N) is 1. The fraction of sp³-hybridized carbons (Fsp3) is 0.647. The molecular weight excluding hydrogens is 284 g/mol. The molecule has 4 heteroatoms. The third kappa shape index (κ3) is 4.35. The second kappa shape index (κ2) is 6.99. The number of hydrogen-bond donors (Lipinski definition) is 1. The Morgan fingerprint density at radius 1 is 1.33 bits per heavy atom. The molecule has 1 aliphatic heterocycles. The lowest BCUT2D eigenvalue weighted by Gasteiger charge is -2.33. The molecule has 0 spiro atoms. The van der Waals surface area contributed by atoms with E-state index < -0.39 is 0 Å². The molecule has 1 saturated heterocycles. The van der Waals surface area contributed by atoms with Gasteiger partial charge in [-0.2, -0.15) is 0 Å². The van der Waals surface area contributed by atoms with Crippen molar-refractivity contribution in [1.82, 2.24) is 10.2 Å². The Morgan fingerprint density at radius 3 is 2.95 bits per heavy atom. The van der Waals surface area contributed by atoms with Gasteiger partial charge in [0.25, 0.3) is 0 Å². The number of benzene rings is 1. The summed E-state index contributed by atoms with van der Waals surface area (Å²) in [7, 11) is 1.73. The summed E-state index contributed by atoms with van der Waals surface area (Å²) in [6, 6.07) is 6.70. The molecule has 1 heterocycles. The molecule has 1 aliphatic carbocycles. The molecule has 1 atom stereocenters. The maximum atomic E-state index is 6.13. The number of hydrogen-bond acceptors (Lipinski definition) is 3. The highest BCUT2D eigenvalue weighted by molar-refractivity contribution is 6.30. The number of nitrogens with zero attached hydrogens (tertiary/aromatic N) is 1. The lowest BCUT2D eigenvalue weighted by molar-refractivity contribution is 0.163. The van der Waals surface area contributed by atoms with Crippen LogP contribution in [0.5, 0.6) is 5.75 Å². The molecule has 1 aromatic rings. The number of likely N-dealkylation sites (tertiary alicyclic amines) is 1. The van der Waals surface area contributed by atoms with Crippen molar-refractivity contribution >= 4 is 11.6 Å². The first kappa shape index (κ1) is 15.1. The molecule has 1 aromatic carbocycles. The Balaban J connectivity index is 1.57. The highest BCUT2D eigenvalue weighted by Gasteiger charge is 2.25. The first-order chi connectivity index (χ1) is 10.2. The predicted molar refractivity (Wildman–Crippen MR) is 87.0 cm³/mol. The maximum absolute atomic E-state index is 6.13. The fourth-order valence-electron chi connectivity index (χ4n) is 3.19. The fourth-order valence-corrected chi connectivity index (χ4v) is 3.39. The third-order valence-corrected chi connectivity index (χ3v) is 4.75. The van der Waals surface area contributed by atoms with Crippen molar-refractivity contribution in [2.24, 2.45) is 5.92 Å². The predicted octanol–water partition coefficient (Wildman–Crippen LogP) is 3.31. The van der Waals surface area contributed by atoms with Crippen molar-refractivity contribution in [3.63, 3.8) is 0 Å². The van der Waals surface area contributed by atoms with E-state index in [1.54, 1.807) is 7.11 Å². The molecular formula is C17H25ClN2O. The normalized spacial score (nSPS) is 23.2. The van der Waals surface area contributed by atoms with Crippen LogP contribution in [0.4, 0.5) is 0 Å². The smallest absolute Gasteiger partial charge is 0.123 e. The summed E-state index contributed by atoms with van der Waals surface area (Å²) in [4.78, 5) is 2.54. The molecule has 1 unspecified atom stereocenters. The number of halogens is 1. The van der Waals surface area contributed by atoms with Gasteiger partial charge >= 0.3 is 0 Å². The lowest BCUT2D eigenvalue weighted by atomic mass is 9.97. The van der Waals surface area contributed by atoms with Crippen LogP contribution in [0.15, 0.2) is 18.2 Å². The Kier molecular flexibility index (Phi) is 5.04. The quantitative estimate of drug-likeness (QED) is 0.872. The van der Waals surface area contributed by atoms with Gasteiger partial charge in [-0.25, -0.2) is 0 Å². The van der Waals surface area contributed by atoms with E-state index in [1.165, 1.54) is 50.9 Å². The van der Waals surface area contributed by atoms with E-state index in [0.717, 1.165) is 29.3 Å². The zero-order valence-corrected chi connectivity index (χ0v) is 13.5. The van der Waals surface area contributed by atoms with E-state index in [9.17, 15) is 0 Å². The van der Waals surface area contributed by atoms with Gasteiger partial charge in [-0.15, -0.1) is 0 Å². The molecule has 0 amide bonds. The van der Waals surface area contributed by atoms with Crippen LogP contribution < -0.4 is 10.1 Å². The van der Waals surface area contributed by atoms with Crippen molar-refractivity contribution in [3.8, 4) is 5.75 Å². The molecule has 116 valence electrons. The van der Waals surface area contributed by atoms with Crippen molar-refractivity contribution in [1.29, 1.82) is 0 Å². The molecule has 3 nitrogen and oxygen atoms in total. The summed E-state index contributed by atoms with van der Waals surface area (Å²) < 4.78 is 5.46. The van der Waals surface area contributed by atoms with Crippen LogP contribution >= 0.6 is 11.6 Å². The van der Waals surface area contributed by atoms with E-state index >= 15 is 0 Å². The average Bonchev–Trinajstić information content (AvgIpc) is 3.30. The number of piperidine rings is 1. The zero-order valence-electron chi connectivity index (χ0n) is 12.8. The van der Waals surface area contributed by atoms with Crippen LogP contribution in [0.25, 0.3) is 0 Å². The van der Waals surface area contributed by atoms with Crippen molar-refractivity contribution < 1.29 is 4.74 Å². The van der Waals surface area contributed by atoms with Crippen LogP contribution in [0, 0.1) is 5.92 Å². The molecule has 1 N–H and O–H groups in total. The molecule has 1 saturated carbocycles. The molecule has 3 rings (SSSR count).